The van der Waals surface area contributed by atoms with Crippen LogP contribution in [0.3, 0.4) is 0 Å². The van der Waals surface area contributed by atoms with Crippen LogP contribution in [0.1, 0.15) is 20.3 Å². The van der Waals surface area contributed by atoms with Crippen LogP contribution in [0.2, 0.25) is 0 Å². The first-order valence-electron chi connectivity index (χ1n) is 3.05. The molecule has 4 heteroatoms. The Kier molecular flexibility index (Phi) is 4.11. The topological polar surface area (TPSA) is 46.2 Å². The molecule has 0 atom stereocenters. The van der Waals surface area contributed by atoms with E-state index >= 15 is 0 Å². The fraction of sp³-hybridized carbons (Fsp3) is 0.667. The van der Waals surface area contributed by atoms with Crippen LogP contribution in [0.4, 0.5) is 4.79 Å². The minimum absolute atomic E-state index is 0.269. The lowest BCUT2D eigenvalue weighted by Gasteiger charge is -2.01. The van der Waals surface area contributed by atoms with Gasteiger partial charge in [0.25, 0.3) is 5.24 Å². The smallest absolute Gasteiger partial charge is 0.282 e. The summed E-state index contributed by atoms with van der Waals surface area (Å²) in [7, 11) is 0. The minimum Gasteiger partial charge on any atom is -0.287 e. The summed E-state index contributed by atoms with van der Waals surface area (Å²) in [6, 6.07) is 0. The number of nitrogens with one attached hydrogen (secondary N) is 1. The van der Waals surface area contributed by atoms with Crippen molar-refractivity contribution in [1.82, 2.24) is 5.32 Å². The standard InChI is InChI=1S/C6H11NO2S/c1-4(2)3-5(8)7-6(9)10/h4H,3H2,1-2H3,(H2,7,8,9,10). The first kappa shape index (κ1) is 9.49. The second kappa shape index (κ2) is 4.33. The van der Waals surface area contributed by atoms with E-state index in [0.29, 0.717) is 6.42 Å². The van der Waals surface area contributed by atoms with Gasteiger partial charge in [-0.15, -0.1) is 0 Å². The molecule has 0 rings (SSSR count). The maximum Gasteiger partial charge on any atom is 0.282 e. The molecule has 0 unspecified atom stereocenters. The first-order valence-corrected chi connectivity index (χ1v) is 3.50. The van der Waals surface area contributed by atoms with Crippen molar-refractivity contribution >= 4 is 23.8 Å². The van der Waals surface area contributed by atoms with Gasteiger partial charge in [0.1, 0.15) is 0 Å². The maximum atomic E-state index is 10.7. The number of hydrogen-bond donors (Lipinski definition) is 2. The lowest BCUT2D eigenvalue weighted by atomic mass is 10.1. The molecule has 0 aliphatic carbocycles. The number of hydrogen-bond acceptors (Lipinski definition) is 2. The van der Waals surface area contributed by atoms with E-state index in [9.17, 15) is 9.59 Å². The lowest BCUT2D eigenvalue weighted by molar-refractivity contribution is -0.120. The molecular formula is C6H11NO2S. The largest absolute Gasteiger partial charge is 0.287 e. The average molecular weight is 161 g/mol. The lowest BCUT2D eigenvalue weighted by Crippen LogP contribution is -2.26. The maximum absolute atomic E-state index is 10.7. The van der Waals surface area contributed by atoms with Crippen molar-refractivity contribution in [3.63, 3.8) is 0 Å². The molecule has 0 aliphatic heterocycles. The Labute approximate surface area is 65.6 Å². The second-order valence-corrected chi connectivity index (χ2v) is 2.86. The third-order valence-corrected chi connectivity index (χ3v) is 0.952. The Morgan fingerprint density at radius 3 is 2.30 bits per heavy atom. The highest BCUT2D eigenvalue weighted by Gasteiger charge is 2.05. The molecule has 0 radical (unpaired) electrons. The molecule has 0 bridgehead atoms. The normalized spacial score (nSPS) is 9.60. The van der Waals surface area contributed by atoms with Gasteiger partial charge in [-0.2, -0.15) is 0 Å². The average Bonchev–Trinajstić information content (AvgIpc) is 1.58. The van der Waals surface area contributed by atoms with E-state index < -0.39 is 5.24 Å². The van der Waals surface area contributed by atoms with Crippen LogP contribution in [-0.2, 0) is 4.79 Å². The van der Waals surface area contributed by atoms with Gasteiger partial charge < -0.3 is 0 Å². The predicted octanol–water partition coefficient (Wildman–Crippen LogP) is 1.20. The summed E-state index contributed by atoms with van der Waals surface area (Å²) >= 11 is 3.39. The summed E-state index contributed by atoms with van der Waals surface area (Å²) in [6.07, 6.45) is 0.367. The van der Waals surface area contributed by atoms with Crippen LogP contribution in [0.15, 0.2) is 0 Å². The molecule has 3 nitrogen and oxygen atoms in total. The van der Waals surface area contributed by atoms with Crippen LogP contribution in [0, 0.1) is 5.92 Å². The van der Waals surface area contributed by atoms with Gasteiger partial charge in [0, 0.05) is 6.42 Å². The van der Waals surface area contributed by atoms with Gasteiger partial charge in [-0.1, -0.05) is 26.5 Å². The molecule has 0 aromatic rings. The van der Waals surface area contributed by atoms with E-state index in [-0.39, 0.29) is 11.8 Å². The number of thiol groups is 1. The number of carbonyl (C=O) groups is 2. The zero-order chi connectivity index (χ0) is 8.15. The summed E-state index contributed by atoms with van der Waals surface area (Å²) in [5.41, 5.74) is 0. The van der Waals surface area contributed by atoms with Gasteiger partial charge >= 0.3 is 0 Å². The summed E-state index contributed by atoms with van der Waals surface area (Å²) in [4.78, 5) is 20.9. The monoisotopic (exact) mass is 161 g/mol. The molecule has 0 heterocycles. The van der Waals surface area contributed by atoms with Crippen molar-refractivity contribution in [3.05, 3.63) is 0 Å². The predicted molar refractivity (Wildman–Crippen MR) is 42.0 cm³/mol. The van der Waals surface area contributed by atoms with Gasteiger partial charge in [-0.05, 0) is 5.92 Å². The molecule has 0 fully saturated rings. The van der Waals surface area contributed by atoms with Crippen molar-refractivity contribution in [2.24, 2.45) is 5.92 Å². The van der Waals surface area contributed by atoms with Crippen molar-refractivity contribution in [2.45, 2.75) is 20.3 Å². The van der Waals surface area contributed by atoms with Crippen molar-refractivity contribution in [3.8, 4) is 0 Å². The van der Waals surface area contributed by atoms with E-state index in [1.54, 1.807) is 0 Å². The summed E-state index contributed by atoms with van der Waals surface area (Å²) < 4.78 is 0. The fourth-order valence-corrected chi connectivity index (χ4v) is 0.666. The number of imide groups is 1. The Morgan fingerprint density at radius 1 is 1.50 bits per heavy atom. The van der Waals surface area contributed by atoms with Crippen LogP contribution in [0.25, 0.3) is 0 Å². The highest BCUT2D eigenvalue weighted by atomic mass is 32.1. The number of rotatable bonds is 2. The minimum atomic E-state index is -0.592. The number of carbonyl (C=O) groups excluding carboxylic acids is 2. The molecule has 58 valence electrons. The van der Waals surface area contributed by atoms with Gasteiger partial charge in [0.2, 0.25) is 5.91 Å². The van der Waals surface area contributed by atoms with Gasteiger partial charge in [0.15, 0.2) is 0 Å². The van der Waals surface area contributed by atoms with E-state index in [0.717, 1.165) is 0 Å². The molecule has 0 aliphatic rings. The second-order valence-electron chi connectivity index (χ2n) is 2.45. The Bertz CT molecular complexity index is 145. The van der Waals surface area contributed by atoms with E-state index in [2.05, 4.69) is 17.9 Å². The van der Waals surface area contributed by atoms with E-state index in [1.807, 2.05) is 13.8 Å². The van der Waals surface area contributed by atoms with E-state index in [1.165, 1.54) is 0 Å². The van der Waals surface area contributed by atoms with Gasteiger partial charge in [-0.3, -0.25) is 14.9 Å². The van der Waals surface area contributed by atoms with E-state index in [4.69, 9.17) is 0 Å². The summed E-state index contributed by atoms with van der Waals surface area (Å²) in [5.74, 6) is 0.00248. The number of amides is 2. The van der Waals surface area contributed by atoms with Crippen LogP contribution >= 0.6 is 12.6 Å². The van der Waals surface area contributed by atoms with Crippen LogP contribution < -0.4 is 5.32 Å². The quantitative estimate of drug-likeness (QED) is 0.598. The summed E-state index contributed by atoms with van der Waals surface area (Å²) in [6.45, 7) is 3.81. The molecule has 1 N–H and O–H groups in total. The molecule has 0 saturated carbocycles. The van der Waals surface area contributed by atoms with Crippen molar-refractivity contribution in [2.75, 3.05) is 0 Å². The molecular weight excluding hydrogens is 150 g/mol. The molecule has 0 aromatic heterocycles. The molecule has 2 amide bonds. The Balaban J connectivity index is 3.54. The SMILES string of the molecule is CC(C)CC(=O)NC(=O)S. The zero-order valence-corrected chi connectivity index (χ0v) is 6.94. The molecule has 0 spiro atoms. The van der Waals surface area contributed by atoms with Crippen LogP contribution in [0.5, 0.6) is 0 Å². The molecule has 10 heavy (non-hydrogen) atoms. The Morgan fingerprint density at radius 2 is 2.00 bits per heavy atom. The summed E-state index contributed by atoms with van der Waals surface area (Å²) in [5, 5.41) is 1.47. The van der Waals surface area contributed by atoms with Crippen LogP contribution in [-0.4, -0.2) is 11.1 Å². The zero-order valence-electron chi connectivity index (χ0n) is 6.05. The van der Waals surface area contributed by atoms with Gasteiger partial charge in [0.05, 0.1) is 0 Å². The Hall–Kier alpha value is -0.510. The van der Waals surface area contributed by atoms with Crippen molar-refractivity contribution < 1.29 is 9.59 Å². The highest BCUT2D eigenvalue weighted by Crippen LogP contribution is 1.97. The fourth-order valence-electron chi connectivity index (χ4n) is 0.541. The van der Waals surface area contributed by atoms with Crippen molar-refractivity contribution in [1.29, 1.82) is 0 Å². The third-order valence-electron chi connectivity index (χ3n) is 0.840. The molecule has 0 saturated heterocycles. The highest BCUT2D eigenvalue weighted by molar-refractivity contribution is 7.96. The third kappa shape index (κ3) is 5.62. The van der Waals surface area contributed by atoms with Gasteiger partial charge in [-0.25, -0.2) is 0 Å². The first-order chi connectivity index (χ1) is 4.52. The molecule has 0 aromatic carbocycles.